The van der Waals surface area contributed by atoms with Gasteiger partial charge in [-0.15, -0.1) is 0 Å². The van der Waals surface area contributed by atoms with Gasteiger partial charge in [-0.05, 0) is 13.2 Å². The van der Waals surface area contributed by atoms with Crippen molar-refractivity contribution in [3.05, 3.63) is 0 Å². The largest absolute Gasteiger partial charge is 0.395 e. The summed E-state index contributed by atoms with van der Waals surface area (Å²) in [7, 11) is 0. The fraction of sp³-hybridized carbons (Fsp3) is 1.00. The molecule has 0 fully saturated rings. The van der Waals surface area contributed by atoms with Gasteiger partial charge in [0.25, 0.3) is 0 Å². The van der Waals surface area contributed by atoms with Crippen LogP contribution in [0.1, 0.15) is 6.92 Å². The van der Waals surface area contributed by atoms with E-state index in [9.17, 15) is 0 Å². The molecule has 0 radical (unpaired) electrons. The molecular formula is C5H13NO2S. The summed E-state index contributed by atoms with van der Waals surface area (Å²) in [5, 5.41) is 8.76. The maximum absolute atomic E-state index is 8.67. The molecule has 0 rings (SSSR count). The number of hydrogen-bond acceptors (Lipinski definition) is 4. The molecule has 0 aliphatic rings. The lowest BCUT2D eigenvalue weighted by atomic mass is 10.3. The van der Waals surface area contributed by atoms with Crippen LogP contribution in [-0.2, 0) is 4.84 Å². The van der Waals surface area contributed by atoms with Crippen molar-refractivity contribution in [2.24, 2.45) is 5.90 Å². The summed E-state index contributed by atoms with van der Waals surface area (Å²) in [6.45, 7) is 1.94. The summed E-state index contributed by atoms with van der Waals surface area (Å²) in [4.78, 5) is 4.51. The molecule has 0 bridgehead atoms. The van der Waals surface area contributed by atoms with Gasteiger partial charge in [0.15, 0.2) is 0 Å². The zero-order valence-corrected chi connectivity index (χ0v) is 6.52. The second kappa shape index (κ2) is 5.05. The predicted octanol–water partition coefficient (Wildman–Crippen LogP) is -0.0109. The molecule has 3 N–H and O–H groups in total. The number of nitrogens with two attached hydrogens (primary N) is 1. The first-order valence-corrected chi connectivity index (χ1v) is 4.04. The first kappa shape index (κ1) is 9.23. The van der Waals surface area contributed by atoms with Crippen molar-refractivity contribution in [1.29, 1.82) is 0 Å². The Morgan fingerprint density at radius 2 is 2.33 bits per heavy atom. The second-order valence-corrected chi connectivity index (χ2v) is 2.87. The third-order valence-corrected chi connectivity index (χ3v) is 2.36. The molecule has 0 spiro atoms. The van der Waals surface area contributed by atoms with Crippen LogP contribution in [0.4, 0.5) is 0 Å². The van der Waals surface area contributed by atoms with Crippen LogP contribution >= 0.6 is 11.8 Å². The molecular weight excluding hydrogens is 138 g/mol. The van der Waals surface area contributed by atoms with Gasteiger partial charge in [0, 0.05) is 0 Å². The molecule has 9 heavy (non-hydrogen) atoms. The zero-order valence-electron chi connectivity index (χ0n) is 5.70. The van der Waals surface area contributed by atoms with Crippen LogP contribution < -0.4 is 5.90 Å². The lowest BCUT2D eigenvalue weighted by Gasteiger charge is -2.16. The van der Waals surface area contributed by atoms with E-state index < -0.39 is 0 Å². The van der Waals surface area contributed by atoms with Gasteiger partial charge in [-0.2, -0.15) is 11.8 Å². The van der Waals surface area contributed by atoms with Gasteiger partial charge in [0.05, 0.1) is 18.0 Å². The number of aliphatic hydroxyl groups is 1. The van der Waals surface area contributed by atoms with E-state index in [1.54, 1.807) is 11.8 Å². The molecule has 3 nitrogen and oxygen atoms in total. The van der Waals surface area contributed by atoms with E-state index >= 15 is 0 Å². The summed E-state index contributed by atoms with van der Waals surface area (Å²) < 4.78 is 0. The van der Waals surface area contributed by atoms with Gasteiger partial charge in [0.1, 0.15) is 0 Å². The van der Waals surface area contributed by atoms with E-state index in [4.69, 9.17) is 11.0 Å². The third kappa shape index (κ3) is 3.05. The normalized spacial score (nSPS) is 17.3. The van der Waals surface area contributed by atoms with E-state index in [0.29, 0.717) is 0 Å². The minimum absolute atomic E-state index is 0.0787. The fourth-order valence-corrected chi connectivity index (χ4v) is 1.10. The zero-order chi connectivity index (χ0) is 7.28. The summed E-state index contributed by atoms with van der Waals surface area (Å²) in [5.41, 5.74) is 0. The second-order valence-electron chi connectivity index (χ2n) is 1.80. The first-order valence-electron chi connectivity index (χ1n) is 2.75. The third-order valence-electron chi connectivity index (χ3n) is 1.22. The Hall–Kier alpha value is 0.230. The van der Waals surface area contributed by atoms with Gasteiger partial charge >= 0.3 is 0 Å². The van der Waals surface area contributed by atoms with Gasteiger partial charge in [-0.1, -0.05) is 0 Å². The molecule has 0 aliphatic carbocycles. The maximum atomic E-state index is 8.67. The SMILES string of the molecule is CS[C@H](CO)C(C)ON. The Balaban J connectivity index is 3.50. The molecule has 1 unspecified atom stereocenters. The summed E-state index contributed by atoms with van der Waals surface area (Å²) in [5.74, 6) is 4.90. The summed E-state index contributed by atoms with van der Waals surface area (Å²) in [6, 6.07) is 0. The highest BCUT2D eigenvalue weighted by molar-refractivity contribution is 7.99. The lowest BCUT2D eigenvalue weighted by molar-refractivity contribution is 0.0531. The standard InChI is InChI=1S/C5H13NO2S/c1-4(8-6)5(3-7)9-2/h4-5,7H,3,6H2,1-2H3/t4?,5-/m1/s1. The van der Waals surface area contributed by atoms with E-state index in [0.717, 1.165) is 0 Å². The van der Waals surface area contributed by atoms with Crippen molar-refractivity contribution in [2.75, 3.05) is 12.9 Å². The molecule has 0 heterocycles. The van der Waals surface area contributed by atoms with Crippen molar-refractivity contribution in [3.8, 4) is 0 Å². The number of hydrogen-bond donors (Lipinski definition) is 2. The van der Waals surface area contributed by atoms with Crippen LogP contribution in [0.25, 0.3) is 0 Å². The van der Waals surface area contributed by atoms with Crippen LogP contribution in [0.15, 0.2) is 0 Å². The van der Waals surface area contributed by atoms with Gasteiger partial charge in [-0.25, -0.2) is 5.90 Å². The van der Waals surface area contributed by atoms with Crippen LogP contribution in [0.3, 0.4) is 0 Å². The highest BCUT2D eigenvalue weighted by Gasteiger charge is 2.13. The Bertz CT molecular complexity index is 68.0. The highest BCUT2D eigenvalue weighted by atomic mass is 32.2. The van der Waals surface area contributed by atoms with Crippen LogP contribution in [-0.4, -0.2) is 29.3 Å². The minimum atomic E-state index is -0.0787. The molecule has 0 aromatic rings. The number of thioether (sulfide) groups is 1. The van der Waals surface area contributed by atoms with Crippen molar-refractivity contribution < 1.29 is 9.94 Å². The van der Waals surface area contributed by atoms with Gasteiger partial charge in [-0.3, -0.25) is 0 Å². The Morgan fingerprint density at radius 3 is 2.44 bits per heavy atom. The quantitative estimate of drug-likeness (QED) is 0.555. The van der Waals surface area contributed by atoms with Crippen LogP contribution in [0, 0.1) is 0 Å². The van der Waals surface area contributed by atoms with E-state index in [1.165, 1.54) is 0 Å². The predicted molar refractivity (Wildman–Crippen MR) is 39.1 cm³/mol. The maximum Gasteiger partial charge on any atom is 0.0899 e. The van der Waals surface area contributed by atoms with E-state index in [2.05, 4.69) is 4.84 Å². The molecule has 0 saturated heterocycles. The minimum Gasteiger partial charge on any atom is -0.395 e. The molecule has 0 saturated carbocycles. The molecule has 0 aromatic carbocycles. The summed E-state index contributed by atoms with van der Waals surface area (Å²) in [6.07, 6.45) is 1.83. The van der Waals surface area contributed by atoms with Crippen molar-refractivity contribution in [3.63, 3.8) is 0 Å². The van der Waals surface area contributed by atoms with Gasteiger partial charge < -0.3 is 9.94 Å². The molecule has 4 heteroatoms. The Morgan fingerprint density at radius 1 is 1.78 bits per heavy atom. The number of aliphatic hydroxyl groups excluding tert-OH is 1. The van der Waals surface area contributed by atoms with Crippen molar-refractivity contribution >= 4 is 11.8 Å². The van der Waals surface area contributed by atoms with Crippen molar-refractivity contribution in [2.45, 2.75) is 18.3 Å². The fourth-order valence-electron chi connectivity index (χ4n) is 0.502. The van der Waals surface area contributed by atoms with Crippen LogP contribution in [0.5, 0.6) is 0 Å². The average Bonchev–Trinajstić information content (AvgIpc) is 1.90. The molecule has 0 amide bonds. The summed E-state index contributed by atoms with van der Waals surface area (Å²) >= 11 is 1.55. The van der Waals surface area contributed by atoms with Crippen LogP contribution in [0.2, 0.25) is 0 Å². The average molecular weight is 151 g/mol. The first-order chi connectivity index (χ1) is 4.26. The number of rotatable bonds is 4. The molecule has 56 valence electrons. The topological polar surface area (TPSA) is 55.5 Å². The smallest absolute Gasteiger partial charge is 0.0899 e. The molecule has 0 aliphatic heterocycles. The Labute approximate surface area is 59.5 Å². The van der Waals surface area contributed by atoms with E-state index in [1.807, 2.05) is 13.2 Å². The Kier molecular flexibility index (Phi) is 5.18. The monoisotopic (exact) mass is 151 g/mol. The van der Waals surface area contributed by atoms with Gasteiger partial charge in [0.2, 0.25) is 0 Å². The van der Waals surface area contributed by atoms with E-state index in [-0.39, 0.29) is 18.0 Å². The molecule has 0 aromatic heterocycles. The molecule has 2 atom stereocenters. The van der Waals surface area contributed by atoms with Crippen molar-refractivity contribution in [1.82, 2.24) is 0 Å². The lowest BCUT2D eigenvalue weighted by Crippen LogP contribution is -2.28. The highest BCUT2D eigenvalue weighted by Crippen LogP contribution is 2.11.